The molecule has 0 saturated carbocycles. The fourth-order valence-electron chi connectivity index (χ4n) is 1.22. The van der Waals surface area contributed by atoms with Crippen LogP contribution in [0.4, 0.5) is 0 Å². The first-order valence-corrected chi connectivity index (χ1v) is 5.68. The molecule has 0 aliphatic rings. The second-order valence-electron chi connectivity index (χ2n) is 3.52. The van der Waals surface area contributed by atoms with E-state index in [0.29, 0.717) is 13.2 Å². The Hall–Kier alpha value is -1.79. The molecule has 1 aromatic rings. The lowest BCUT2D eigenvalue weighted by Crippen LogP contribution is -2.35. The summed E-state index contributed by atoms with van der Waals surface area (Å²) in [6, 6.07) is 9.41. The van der Waals surface area contributed by atoms with Crippen molar-refractivity contribution in [3.63, 3.8) is 0 Å². The van der Waals surface area contributed by atoms with Crippen molar-refractivity contribution in [3.8, 4) is 11.8 Å². The molecule has 1 N–H and O–H groups in total. The molecule has 1 unspecified atom stereocenters. The van der Waals surface area contributed by atoms with E-state index in [1.165, 1.54) is 0 Å². The van der Waals surface area contributed by atoms with Crippen molar-refractivity contribution in [1.29, 1.82) is 0 Å². The summed E-state index contributed by atoms with van der Waals surface area (Å²) in [5.41, 5.74) is 0.970. The van der Waals surface area contributed by atoms with Gasteiger partial charge >= 0.3 is 5.97 Å². The Morgan fingerprint density at radius 2 is 2.12 bits per heavy atom. The molecule has 1 aromatic carbocycles. The SMILES string of the molecule is CCOC(=O)C(C)NCC#Cc1ccccc1. The second kappa shape index (κ2) is 7.48. The Morgan fingerprint density at radius 3 is 2.76 bits per heavy atom. The quantitative estimate of drug-likeness (QED) is 0.631. The zero-order chi connectivity index (χ0) is 12.5. The number of esters is 1. The number of nitrogens with one attached hydrogen (secondary N) is 1. The van der Waals surface area contributed by atoms with E-state index < -0.39 is 0 Å². The van der Waals surface area contributed by atoms with E-state index in [9.17, 15) is 4.79 Å². The average Bonchev–Trinajstić information content (AvgIpc) is 2.36. The number of rotatable bonds is 4. The van der Waals surface area contributed by atoms with Gasteiger partial charge in [0.25, 0.3) is 0 Å². The number of hydrogen-bond donors (Lipinski definition) is 1. The molecule has 3 heteroatoms. The Kier molecular flexibility index (Phi) is 5.84. The zero-order valence-corrected chi connectivity index (χ0v) is 10.2. The Morgan fingerprint density at radius 1 is 1.41 bits per heavy atom. The molecule has 1 atom stereocenters. The molecule has 90 valence electrons. The van der Waals surface area contributed by atoms with Gasteiger partial charge in [-0.15, -0.1) is 0 Å². The van der Waals surface area contributed by atoms with Crippen LogP contribution in [0.25, 0.3) is 0 Å². The topological polar surface area (TPSA) is 38.3 Å². The third kappa shape index (κ3) is 5.19. The third-order valence-corrected chi connectivity index (χ3v) is 2.14. The number of hydrogen-bond acceptors (Lipinski definition) is 3. The molecule has 0 spiro atoms. The highest BCUT2D eigenvalue weighted by Gasteiger charge is 2.11. The van der Waals surface area contributed by atoms with E-state index in [-0.39, 0.29) is 12.0 Å². The lowest BCUT2D eigenvalue weighted by atomic mass is 10.2. The van der Waals surface area contributed by atoms with Gasteiger partial charge in [-0.05, 0) is 26.0 Å². The minimum absolute atomic E-state index is 0.242. The molecular weight excluding hydrogens is 214 g/mol. The predicted molar refractivity (Wildman–Crippen MR) is 67.4 cm³/mol. The number of benzene rings is 1. The smallest absolute Gasteiger partial charge is 0.322 e. The van der Waals surface area contributed by atoms with Gasteiger partial charge in [0, 0.05) is 5.56 Å². The summed E-state index contributed by atoms with van der Waals surface area (Å²) in [5, 5.41) is 2.99. The fraction of sp³-hybridized carbons (Fsp3) is 0.357. The first kappa shape index (κ1) is 13.3. The predicted octanol–water partition coefficient (Wildman–Crippen LogP) is 1.58. The Labute approximate surface area is 102 Å². The molecule has 0 fully saturated rings. The van der Waals surface area contributed by atoms with E-state index in [1.807, 2.05) is 30.3 Å². The van der Waals surface area contributed by atoms with Crippen LogP contribution in [0.3, 0.4) is 0 Å². The standard InChI is InChI=1S/C14H17NO2/c1-3-17-14(16)12(2)15-11-7-10-13-8-5-4-6-9-13/h4-6,8-9,12,15H,3,11H2,1-2H3. The second-order valence-corrected chi connectivity index (χ2v) is 3.52. The van der Waals surface area contributed by atoms with Crippen LogP contribution in [-0.4, -0.2) is 25.2 Å². The van der Waals surface area contributed by atoms with Crippen molar-refractivity contribution < 1.29 is 9.53 Å². The molecule has 0 amide bonds. The van der Waals surface area contributed by atoms with Crippen LogP contribution >= 0.6 is 0 Å². The normalized spacial score (nSPS) is 11.2. The van der Waals surface area contributed by atoms with E-state index in [2.05, 4.69) is 17.2 Å². The molecule has 0 radical (unpaired) electrons. The molecule has 17 heavy (non-hydrogen) atoms. The molecule has 0 heterocycles. The summed E-state index contributed by atoms with van der Waals surface area (Å²) >= 11 is 0. The summed E-state index contributed by atoms with van der Waals surface area (Å²) in [6.45, 7) is 4.43. The lowest BCUT2D eigenvalue weighted by molar-refractivity contribution is -0.145. The van der Waals surface area contributed by atoms with E-state index >= 15 is 0 Å². The summed E-state index contributed by atoms with van der Waals surface area (Å²) in [5.74, 6) is 5.73. The van der Waals surface area contributed by atoms with Crippen LogP contribution in [0.5, 0.6) is 0 Å². The minimum Gasteiger partial charge on any atom is -0.465 e. The van der Waals surface area contributed by atoms with Crippen molar-refractivity contribution in [2.45, 2.75) is 19.9 Å². The van der Waals surface area contributed by atoms with Crippen molar-refractivity contribution in [2.24, 2.45) is 0 Å². The average molecular weight is 231 g/mol. The molecule has 0 aliphatic carbocycles. The van der Waals surface area contributed by atoms with Crippen LogP contribution in [0.15, 0.2) is 30.3 Å². The van der Waals surface area contributed by atoms with Gasteiger partial charge in [0.1, 0.15) is 6.04 Å². The van der Waals surface area contributed by atoms with Crippen LogP contribution in [0, 0.1) is 11.8 Å². The van der Waals surface area contributed by atoms with Crippen molar-refractivity contribution in [1.82, 2.24) is 5.32 Å². The van der Waals surface area contributed by atoms with Gasteiger partial charge in [-0.1, -0.05) is 30.0 Å². The van der Waals surface area contributed by atoms with Crippen LogP contribution in [0.1, 0.15) is 19.4 Å². The van der Waals surface area contributed by atoms with E-state index in [1.54, 1.807) is 13.8 Å². The highest BCUT2D eigenvalue weighted by atomic mass is 16.5. The van der Waals surface area contributed by atoms with E-state index in [0.717, 1.165) is 5.56 Å². The van der Waals surface area contributed by atoms with Gasteiger partial charge in [-0.25, -0.2) is 0 Å². The van der Waals surface area contributed by atoms with Crippen LogP contribution in [0.2, 0.25) is 0 Å². The molecule has 0 aliphatic heterocycles. The van der Waals surface area contributed by atoms with Gasteiger partial charge in [0.05, 0.1) is 13.2 Å². The zero-order valence-electron chi connectivity index (χ0n) is 10.2. The van der Waals surface area contributed by atoms with Gasteiger partial charge in [0.2, 0.25) is 0 Å². The molecule has 3 nitrogen and oxygen atoms in total. The molecule has 0 aromatic heterocycles. The van der Waals surface area contributed by atoms with Gasteiger partial charge in [-0.3, -0.25) is 10.1 Å². The maximum Gasteiger partial charge on any atom is 0.322 e. The minimum atomic E-state index is -0.319. The summed E-state index contributed by atoms with van der Waals surface area (Å²) in [7, 11) is 0. The van der Waals surface area contributed by atoms with Crippen LogP contribution < -0.4 is 5.32 Å². The highest BCUT2D eigenvalue weighted by Crippen LogP contribution is 1.94. The van der Waals surface area contributed by atoms with E-state index in [4.69, 9.17) is 4.74 Å². The lowest BCUT2D eigenvalue weighted by Gasteiger charge is -2.09. The van der Waals surface area contributed by atoms with Crippen LogP contribution in [-0.2, 0) is 9.53 Å². The fourth-order valence-corrected chi connectivity index (χ4v) is 1.22. The number of carbonyl (C=O) groups excluding carboxylic acids is 1. The number of ether oxygens (including phenoxy) is 1. The summed E-state index contributed by atoms with van der Waals surface area (Å²) in [4.78, 5) is 11.3. The van der Waals surface area contributed by atoms with Crippen molar-refractivity contribution in [3.05, 3.63) is 35.9 Å². The number of carbonyl (C=O) groups is 1. The first-order valence-electron chi connectivity index (χ1n) is 5.68. The third-order valence-electron chi connectivity index (χ3n) is 2.14. The first-order chi connectivity index (χ1) is 8.24. The van der Waals surface area contributed by atoms with Gasteiger partial charge in [0.15, 0.2) is 0 Å². The molecule has 1 rings (SSSR count). The van der Waals surface area contributed by atoms with Crippen molar-refractivity contribution >= 4 is 5.97 Å². The maximum absolute atomic E-state index is 11.3. The van der Waals surface area contributed by atoms with Crippen molar-refractivity contribution in [2.75, 3.05) is 13.2 Å². The maximum atomic E-state index is 11.3. The largest absolute Gasteiger partial charge is 0.465 e. The highest BCUT2D eigenvalue weighted by molar-refractivity contribution is 5.75. The molecule has 0 bridgehead atoms. The van der Waals surface area contributed by atoms with Gasteiger partial charge in [-0.2, -0.15) is 0 Å². The molecular formula is C14H17NO2. The van der Waals surface area contributed by atoms with Gasteiger partial charge < -0.3 is 4.74 Å². The Bertz CT molecular complexity index is 403. The summed E-state index contributed by atoms with van der Waals surface area (Å²) < 4.78 is 4.87. The summed E-state index contributed by atoms with van der Waals surface area (Å²) in [6.07, 6.45) is 0. The molecule has 0 saturated heterocycles. The monoisotopic (exact) mass is 231 g/mol. The Balaban J connectivity index is 2.33.